The average Bonchev–Trinajstić information content (AvgIpc) is 2.46. The zero-order valence-electron chi connectivity index (χ0n) is 14.2. The van der Waals surface area contributed by atoms with Gasteiger partial charge in [0.15, 0.2) is 0 Å². The van der Waals surface area contributed by atoms with E-state index in [1.54, 1.807) is 0 Å². The lowest BCUT2D eigenvalue weighted by atomic mass is 9.98. The minimum atomic E-state index is 0.00363. The fraction of sp³-hybridized carbons (Fsp3) is 0.833. The summed E-state index contributed by atoms with van der Waals surface area (Å²) in [6.07, 6.45) is 10.9. The first-order valence-corrected chi connectivity index (χ1v) is 8.65. The molecule has 1 aliphatic heterocycles. The van der Waals surface area contributed by atoms with Gasteiger partial charge in [-0.1, -0.05) is 24.5 Å². The molecule has 0 unspecified atom stereocenters. The van der Waals surface area contributed by atoms with Crippen molar-refractivity contribution >= 4 is 5.97 Å². The standard InChI is InChI=1S/C18H33NO2/c1-4-21-18(20)17-12-10-14-19(15-17)13-9-7-5-6-8-11-16(2)3/h11,17H,4-10,12-15H2,1-3H3/t17-/m0/s1. The van der Waals surface area contributed by atoms with Crippen LogP contribution >= 0.6 is 0 Å². The monoisotopic (exact) mass is 295 g/mol. The molecule has 0 amide bonds. The molecule has 0 spiro atoms. The van der Waals surface area contributed by atoms with Crippen LogP contribution in [0.1, 0.15) is 65.7 Å². The number of carbonyl (C=O) groups is 1. The van der Waals surface area contributed by atoms with Crippen LogP contribution < -0.4 is 0 Å². The summed E-state index contributed by atoms with van der Waals surface area (Å²) in [5.74, 6) is 0.111. The van der Waals surface area contributed by atoms with Crippen molar-refractivity contribution < 1.29 is 9.53 Å². The van der Waals surface area contributed by atoms with Crippen LogP contribution in [0.25, 0.3) is 0 Å². The Labute approximate surface area is 130 Å². The van der Waals surface area contributed by atoms with Crippen LogP contribution in [0, 0.1) is 5.92 Å². The lowest BCUT2D eigenvalue weighted by Gasteiger charge is -2.31. The summed E-state index contributed by atoms with van der Waals surface area (Å²) in [5.41, 5.74) is 1.42. The minimum Gasteiger partial charge on any atom is -0.466 e. The average molecular weight is 295 g/mol. The van der Waals surface area contributed by atoms with Crippen molar-refractivity contribution in [1.82, 2.24) is 4.90 Å². The van der Waals surface area contributed by atoms with Crippen molar-refractivity contribution in [3.63, 3.8) is 0 Å². The zero-order valence-corrected chi connectivity index (χ0v) is 14.2. The molecule has 1 aliphatic rings. The van der Waals surface area contributed by atoms with Crippen LogP contribution in [0.4, 0.5) is 0 Å². The lowest BCUT2D eigenvalue weighted by Crippen LogP contribution is -2.39. The Hall–Kier alpha value is -0.830. The number of esters is 1. The third-order valence-electron chi connectivity index (χ3n) is 4.11. The topological polar surface area (TPSA) is 29.5 Å². The highest BCUT2D eigenvalue weighted by atomic mass is 16.5. The first kappa shape index (κ1) is 18.2. The van der Waals surface area contributed by atoms with Crippen LogP contribution in [0.15, 0.2) is 11.6 Å². The van der Waals surface area contributed by atoms with E-state index in [1.165, 1.54) is 37.7 Å². The molecule has 1 rings (SSSR count). The van der Waals surface area contributed by atoms with Crippen molar-refractivity contribution in [3.8, 4) is 0 Å². The normalized spacial score (nSPS) is 19.3. The predicted molar refractivity (Wildman–Crippen MR) is 88.3 cm³/mol. The number of unbranched alkanes of at least 4 members (excludes halogenated alkanes) is 4. The first-order valence-electron chi connectivity index (χ1n) is 8.65. The number of likely N-dealkylation sites (tertiary alicyclic amines) is 1. The predicted octanol–water partition coefficient (Wildman–Crippen LogP) is 4.18. The molecular weight excluding hydrogens is 262 g/mol. The number of nitrogens with zero attached hydrogens (tertiary/aromatic N) is 1. The maximum absolute atomic E-state index is 11.8. The molecular formula is C18H33NO2. The molecule has 0 N–H and O–H groups in total. The van der Waals surface area contributed by atoms with E-state index in [0.717, 1.165) is 32.5 Å². The fourth-order valence-electron chi connectivity index (χ4n) is 2.94. The van der Waals surface area contributed by atoms with Crippen molar-refractivity contribution in [2.24, 2.45) is 5.92 Å². The number of piperidine rings is 1. The van der Waals surface area contributed by atoms with E-state index in [4.69, 9.17) is 4.74 Å². The number of ether oxygens (including phenoxy) is 1. The van der Waals surface area contributed by atoms with Gasteiger partial charge in [-0.05, 0) is 66.0 Å². The van der Waals surface area contributed by atoms with Gasteiger partial charge in [-0.15, -0.1) is 0 Å². The maximum atomic E-state index is 11.8. The van der Waals surface area contributed by atoms with Crippen LogP contribution in [-0.4, -0.2) is 37.1 Å². The van der Waals surface area contributed by atoms with E-state index in [9.17, 15) is 4.79 Å². The Balaban J connectivity index is 2.09. The molecule has 1 fully saturated rings. The largest absolute Gasteiger partial charge is 0.466 e. The molecule has 1 atom stereocenters. The van der Waals surface area contributed by atoms with E-state index in [1.807, 2.05) is 6.92 Å². The van der Waals surface area contributed by atoms with Gasteiger partial charge in [0.1, 0.15) is 0 Å². The summed E-state index contributed by atoms with van der Waals surface area (Å²) in [5, 5.41) is 0. The summed E-state index contributed by atoms with van der Waals surface area (Å²) < 4.78 is 5.15. The summed E-state index contributed by atoms with van der Waals surface area (Å²) in [4.78, 5) is 14.2. The van der Waals surface area contributed by atoms with Gasteiger partial charge in [-0.2, -0.15) is 0 Å². The fourth-order valence-corrected chi connectivity index (χ4v) is 2.94. The maximum Gasteiger partial charge on any atom is 0.310 e. The number of hydrogen-bond donors (Lipinski definition) is 0. The number of rotatable bonds is 9. The highest BCUT2D eigenvalue weighted by molar-refractivity contribution is 5.72. The molecule has 3 heteroatoms. The second kappa shape index (κ2) is 10.8. The molecule has 0 saturated carbocycles. The van der Waals surface area contributed by atoms with E-state index < -0.39 is 0 Å². The Kier molecular flexibility index (Phi) is 9.40. The van der Waals surface area contributed by atoms with E-state index in [2.05, 4.69) is 24.8 Å². The number of carbonyl (C=O) groups excluding carboxylic acids is 1. The molecule has 1 heterocycles. The highest BCUT2D eigenvalue weighted by Crippen LogP contribution is 2.18. The lowest BCUT2D eigenvalue weighted by molar-refractivity contribution is -0.149. The van der Waals surface area contributed by atoms with E-state index >= 15 is 0 Å². The zero-order chi connectivity index (χ0) is 15.5. The van der Waals surface area contributed by atoms with Crippen molar-refractivity contribution in [3.05, 3.63) is 11.6 Å². The van der Waals surface area contributed by atoms with Gasteiger partial charge in [-0.3, -0.25) is 4.79 Å². The van der Waals surface area contributed by atoms with Crippen LogP contribution in [0.5, 0.6) is 0 Å². The van der Waals surface area contributed by atoms with Crippen LogP contribution in [-0.2, 0) is 9.53 Å². The van der Waals surface area contributed by atoms with Gasteiger partial charge in [0.05, 0.1) is 12.5 Å². The number of allylic oxidation sites excluding steroid dienone is 2. The van der Waals surface area contributed by atoms with Gasteiger partial charge < -0.3 is 9.64 Å². The van der Waals surface area contributed by atoms with Crippen LogP contribution in [0.3, 0.4) is 0 Å². The second-order valence-corrected chi connectivity index (χ2v) is 6.38. The third-order valence-corrected chi connectivity index (χ3v) is 4.11. The molecule has 0 bridgehead atoms. The molecule has 122 valence electrons. The third kappa shape index (κ3) is 8.25. The molecule has 0 aromatic carbocycles. The Morgan fingerprint density at radius 1 is 1.24 bits per heavy atom. The van der Waals surface area contributed by atoms with Gasteiger partial charge in [0, 0.05) is 6.54 Å². The molecule has 0 radical (unpaired) electrons. The number of hydrogen-bond acceptors (Lipinski definition) is 3. The molecule has 0 aromatic rings. The molecule has 3 nitrogen and oxygen atoms in total. The Morgan fingerprint density at radius 2 is 2.00 bits per heavy atom. The summed E-state index contributed by atoms with van der Waals surface area (Å²) >= 11 is 0. The van der Waals surface area contributed by atoms with Crippen molar-refractivity contribution in [1.29, 1.82) is 0 Å². The Bertz CT molecular complexity index is 321. The summed E-state index contributed by atoms with van der Waals surface area (Å²) in [6.45, 7) is 9.89. The second-order valence-electron chi connectivity index (χ2n) is 6.38. The van der Waals surface area contributed by atoms with Gasteiger partial charge in [0.2, 0.25) is 0 Å². The Morgan fingerprint density at radius 3 is 2.71 bits per heavy atom. The van der Waals surface area contributed by atoms with E-state index in [0.29, 0.717) is 6.61 Å². The van der Waals surface area contributed by atoms with Gasteiger partial charge in [0.25, 0.3) is 0 Å². The van der Waals surface area contributed by atoms with Gasteiger partial charge >= 0.3 is 5.97 Å². The highest BCUT2D eigenvalue weighted by Gasteiger charge is 2.26. The van der Waals surface area contributed by atoms with Crippen molar-refractivity contribution in [2.75, 3.05) is 26.2 Å². The SMILES string of the molecule is CCOC(=O)[C@H]1CCCN(CCCCCCC=C(C)C)C1. The molecule has 21 heavy (non-hydrogen) atoms. The smallest absolute Gasteiger partial charge is 0.310 e. The summed E-state index contributed by atoms with van der Waals surface area (Å²) in [7, 11) is 0. The molecule has 0 aromatic heterocycles. The van der Waals surface area contributed by atoms with Gasteiger partial charge in [-0.25, -0.2) is 0 Å². The molecule has 0 aliphatic carbocycles. The summed E-state index contributed by atoms with van der Waals surface area (Å²) in [6, 6.07) is 0. The molecule has 1 saturated heterocycles. The minimum absolute atomic E-state index is 0.00363. The quantitative estimate of drug-likeness (QED) is 0.363. The van der Waals surface area contributed by atoms with E-state index in [-0.39, 0.29) is 11.9 Å². The van der Waals surface area contributed by atoms with Crippen LogP contribution in [0.2, 0.25) is 0 Å². The van der Waals surface area contributed by atoms with Crippen molar-refractivity contribution in [2.45, 2.75) is 65.7 Å². The first-order chi connectivity index (χ1) is 10.1.